The summed E-state index contributed by atoms with van der Waals surface area (Å²) in [5.74, 6) is 0. The van der Waals surface area contributed by atoms with Crippen molar-refractivity contribution < 1.29 is 0 Å². The van der Waals surface area contributed by atoms with Gasteiger partial charge in [-0.15, -0.1) is 0 Å². The molecule has 0 amide bonds. The molecular weight excluding hydrogens is 134 g/mol. The largest absolute Gasteiger partial charge is 0.376 e. The highest BCUT2D eigenvalue weighted by atomic mass is 15.1. The third kappa shape index (κ3) is 1.14. The fourth-order valence-corrected chi connectivity index (χ4v) is 1.30. The normalized spacial score (nSPS) is 14.8. The summed E-state index contributed by atoms with van der Waals surface area (Å²) in [5, 5.41) is 0. The van der Waals surface area contributed by atoms with Crippen LogP contribution in [0.25, 0.3) is 6.08 Å². The smallest absolute Gasteiger partial charge is 0.0426 e. The first-order valence-corrected chi connectivity index (χ1v) is 3.74. The summed E-state index contributed by atoms with van der Waals surface area (Å²) in [4.78, 5) is 2.17. The number of fused-ring (bicyclic) bond motifs is 1. The average Bonchev–Trinajstić information content (AvgIpc) is 2.04. The van der Waals surface area contributed by atoms with Crippen molar-refractivity contribution in [3.8, 4) is 0 Å². The van der Waals surface area contributed by atoms with Crippen LogP contribution in [-0.2, 0) is 6.54 Å². The minimum absolute atomic E-state index is 1.01. The van der Waals surface area contributed by atoms with E-state index < -0.39 is 0 Å². The number of hydrogen-bond donors (Lipinski definition) is 0. The van der Waals surface area contributed by atoms with Gasteiger partial charge in [-0.1, -0.05) is 12.1 Å². The molecule has 0 saturated carbocycles. The molecule has 1 aliphatic heterocycles. The molecule has 0 saturated heterocycles. The molecule has 1 aromatic rings. The SMILES string of the molecule is CN1C=Cc2c[c]ccc2C1. The Bertz CT molecular complexity index is 289. The summed E-state index contributed by atoms with van der Waals surface area (Å²) in [6.07, 6.45) is 4.21. The Hall–Kier alpha value is -1.24. The second-order valence-corrected chi connectivity index (χ2v) is 2.86. The molecule has 0 N–H and O–H groups in total. The van der Waals surface area contributed by atoms with E-state index in [1.165, 1.54) is 11.1 Å². The zero-order valence-corrected chi connectivity index (χ0v) is 6.54. The van der Waals surface area contributed by atoms with Gasteiger partial charge in [0.2, 0.25) is 0 Å². The van der Waals surface area contributed by atoms with Gasteiger partial charge in [-0.25, -0.2) is 0 Å². The van der Waals surface area contributed by atoms with E-state index in [1.54, 1.807) is 0 Å². The van der Waals surface area contributed by atoms with E-state index in [-0.39, 0.29) is 0 Å². The van der Waals surface area contributed by atoms with Crippen LogP contribution in [0, 0.1) is 6.07 Å². The Kier molecular flexibility index (Phi) is 1.42. The van der Waals surface area contributed by atoms with Gasteiger partial charge >= 0.3 is 0 Å². The van der Waals surface area contributed by atoms with E-state index in [4.69, 9.17) is 0 Å². The van der Waals surface area contributed by atoms with Crippen LogP contribution in [0.2, 0.25) is 0 Å². The lowest BCUT2D eigenvalue weighted by atomic mass is 10.1. The predicted molar refractivity (Wildman–Crippen MR) is 45.8 cm³/mol. The molecule has 11 heavy (non-hydrogen) atoms. The first-order valence-electron chi connectivity index (χ1n) is 3.74. The molecule has 0 aromatic heterocycles. The van der Waals surface area contributed by atoms with Crippen molar-refractivity contribution in [2.75, 3.05) is 7.05 Å². The molecule has 55 valence electrons. The molecule has 0 spiro atoms. The molecule has 1 heterocycles. The maximum Gasteiger partial charge on any atom is 0.0426 e. The number of benzene rings is 1. The molecule has 0 unspecified atom stereocenters. The monoisotopic (exact) mass is 144 g/mol. The van der Waals surface area contributed by atoms with Gasteiger partial charge in [-0.2, -0.15) is 0 Å². The summed E-state index contributed by atoms with van der Waals surface area (Å²) >= 11 is 0. The first-order chi connectivity index (χ1) is 5.36. The number of nitrogens with zero attached hydrogens (tertiary/aromatic N) is 1. The summed E-state index contributed by atoms with van der Waals surface area (Å²) < 4.78 is 0. The fraction of sp³-hybridized carbons (Fsp3) is 0.200. The van der Waals surface area contributed by atoms with Crippen molar-refractivity contribution in [3.63, 3.8) is 0 Å². The van der Waals surface area contributed by atoms with E-state index in [0.717, 1.165) is 6.54 Å². The third-order valence-electron chi connectivity index (χ3n) is 1.92. The summed E-state index contributed by atoms with van der Waals surface area (Å²) in [6.45, 7) is 1.01. The quantitative estimate of drug-likeness (QED) is 0.537. The van der Waals surface area contributed by atoms with Crippen LogP contribution in [0.5, 0.6) is 0 Å². The fourth-order valence-electron chi connectivity index (χ4n) is 1.30. The van der Waals surface area contributed by atoms with Gasteiger partial charge in [0.1, 0.15) is 0 Å². The molecule has 1 aliphatic rings. The van der Waals surface area contributed by atoms with E-state index >= 15 is 0 Å². The van der Waals surface area contributed by atoms with Crippen LogP contribution in [0.4, 0.5) is 0 Å². The lowest BCUT2D eigenvalue weighted by Crippen LogP contribution is -2.13. The van der Waals surface area contributed by atoms with E-state index in [0.29, 0.717) is 0 Å². The second kappa shape index (κ2) is 2.42. The standard InChI is InChI=1S/C10H10N/c1-11-7-6-9-4-2-3-5-10(9)8-11/h3-7H,8H2,1H3. The summed E-state index contributed by atoms with van der Waals surface area (Å²) in [7, 11) is 2.08. The average molecular weight is 144 g/mol. The van der Waals surface area contributed by atoms with Crippen LogP contribution in [0.1, 0.15) is 11.1 Å². The number of hydrogen-bond acceptors (Lipinski definition) is 1. The Balaban J connectivity index is 2.46. The second-order valence-electron chi connectivity index (χ2n) is 2.86. The highest BCUT2D eigenvalue weighted by Crippen LogP contribution is 2.16. The molecule has 2 rings (SSSR count). The Morgan fingerprint density at radius 2 is 2.45 bits per heavy atom. The first kappa shape index (κ1) is 6.47. The van der Waals surface area contributed by atoms with Crippen molar-refractivity contribution >= 4 is 6.08 Å². The zero-order chi connectivity index (χ0) is 7.68. The van der Waals surface area contributed by atoms with Gasteiger partial charge in [0.15, 0.2) is 0 Å². The maximum absolute atomic E-state index is 3.07. The Morgan fingerprint density at radius 1 is 1.55 bits per heavy atom. The highest BCUT2D eigenvalue weighted by Gasteiger charge is 2.04. The van der Waals surface area contributed by atoms with Gasteiger partial charge in [0.25, 0.3) is 0 Å². The van der Waals surface area contributed by atoms with Crippen LogP contribution < -0.4 is 0 Å². The molecule has 0 atom stereocenters. The molecular formula is C10H10N. The summed E-state index contributed by atoms with van der Waals surface area (Å²) in [5.41, 5.74) is 2.68. The van der Waals surface area contributed by atoms with Crippen molar-refractivity contribution in [1.82, 2.24) is 4.90 Å². The zero-order valence-electron chi connectivity index (χ0n) is 6.54. The molecule has 1 radical (unpaired) electrons. The van der Waals surface area contributed by atoms with Crippen LogP contribution in [-0.4, -0.2) is 11.9 Å². The maximum atomic E-state index is 3.07. The van der Waals surface area contributed by atoms with Crippen LogP contribution in [0.3, 0.4) is 0 Å². The van der Waals surface area contributed by atoms with E-state index in [1.807, 2.05) is 12.1 Å². The van der Waals surface area contributed by atoms with Gasteiger partial charge in [-0.05, 0) is 35.5 Å². The van der Waals surface area contributed by atoms with E-state index in [9.17, 15) is 0 Å². The van der Waals surface area contributed by atoms with Gasteiger partial charge < -0.3 is 4.90 Å². The van der Waals surface area contributed by atoms with Crippen LogP contribution in [0.15, 0.2) is 24.4 Å². The van der Waals surface area contributed by atoms with Crippen LogP contribution >= 0.6 is 0 Å². The lowest BCUT2D eigenvalue weighted by Gasteiger charge is -2.20. The summed E-state index contributed by atoms with van der Waals surface area (Å²) in [6, 6.07) is 9.18. The number of rotatable bonds is 0. The highest BCUT2D eigenvalue weighted by molar-refractivity contribution is 5.55. The molecule has 1 heteroatoms. The van der Waals surface area contributed by atoms with Crippen molar-refractivity contribution in [3.05, 3.63) is 41.6 Å². The Morgan fingerprint density at radius 3 is 3.36 bits per heavy atom. The van der Waals surface area contributed by atoms with Gasteiger partial charge in [0.05, 0.1) is 0 Å². The molecule has 0 aliphatic carbocycles. The van der Waals surface area contributed by atoms with Gasteiger partial charge in [-0.3, -0.25) is 0 Å². The topological polar surface area (TPSA) is 3.24 Å². The van der Waals surface area contributed by atoms with Gasteiger partial charge in [0, 0.05) is 13.6 Å². The van der Waals surface area contributed by atoms with E-state index in [2.05, 4.69) is 36.4 Å². The molecule has 0 fully saturated rings. The molecule has 1 aromatic carbocycles. The Labute approximate surface area is 67.0 Å². The minimum Gasteiger partial charge on any atom is -0.376 e. The molecule has 1 nitrogen and oxygen atoms in total. The van der Waals surface area contributed by atoms with Crippen molar-refractivity contribution in [2.24, 2.45) is 0 Å². The molecule has 0 bridgehead atoms. The minimum atomic E-state index is 1.01. The van der Waals surface area contributed by atoms with Crippen molar-refractivity contribution in [1.29, 1.82) is 0 Å². The predicted octanol–water partition coefficient (Wildman–Crippen LogP) is 1.90. The van der Waals surface area contributed by atoms with Crippen molar-refractivity contribution in [2.45, 2.75) is 6.54 Å². The third-order valence-corrected chi connectivity index (χ3v) is 1.92. The lowest BCUT2D eigenvalue weighted by molar-refractivity contribution is 0.448.